The van der Waals surface area contributed by atoms with E-state index in [4.69, 9.17) is 0 Å². The largest absolute Gasteiger partial charge is 0.357 e. The minimum atomic E-state index is 0. The molecule has 2 N–H and O–H groups in total. The Kier molecular flexibility index (Phi) is 12.6. The summed E-state index contributed by atoms with van der Waals surface area (Å²) in [7, 11) is 0. The number of hydrogen-bond donors (Lipinski definition) is 2. The Morgan fingerprint density at radius 2 is 1.29 bits per heavy atom. The number of halogens is 1. The van der Waals surface area contributed by atoms with Crippen LogP contribution in [-0.2, 0) is 0 Å². The molecule has 0 saturated carbocycles. The van der Waals surface area contributed by atoms with E-state index in [9.17, 15) is 0 Å². The van der Waals surface area contributed by atoms with Gasteiger partial charge in [0.25, 0.3) is 0 Å². The van der Waals surface area contributed by atoms with Gasteiger partial charge >= 0.3 is 0 Å². The second-order valence-electron chi connectivity index (χ2n) is 4.29. The topological polar surface area (TPSA) is 36.4 Å². The van der Waals surface area contributed by atoms with E-state index >= 15 is 0 Å². The summed E-state index contributed by atoms with van der Waals surface area (Å²) in [5.41, 5.74) is 0.385. The van der Waals surface area contributed by atoms with Crippen molar-refractivity contribution < 1.29 is 0 Å². The molecular formula is C13H30IN3. The van der Waals surface area contributed by atoms with Crippen molar-refractivity contribution in [1.29, 1.82) is 0 Å². The Labute approximate surface area is 124 Å². The molecule has 0 aromatic heterocycles. The van der Waals surface area contributed by atoms with Gasteiger partial charge in [0.15, 0.2) is 5.96 Å². The van der Waals surface area contributed by atoms with E-state index in [-0.39, 0.29) is 24.0 Å². The first kappa shape index (κ1) is 19.3. The van der Waals surface area contributed by atoms with Crippen molar-refractivity contribution in [2.45, 2.75) is 53.9 Å². The van der Waals surface area contributed by atoms with E-state index in [1.807, 2.05) is 0 Å². The van der Waals surface area contributed by atoms with Crippen LogP contribution in [0.15, 0.2) is 4.99 Å². The molecule has 0 atom stereocenters. The van der Waals surface area contributed by atoms with Crippen LogP contribution in [0.1, 0.15) is 53.9 Å². The van der Waals surface area contributed by atoms with E-state index in [0.29, 0.717) is 5.41 Å². The zero-order valence-corrected chi connectivity index (χ0v) is 14.4. The minimum absolute atomic E-state index is 0. The van der Waals surface area contributed by atoms with E-state index < -0.39 is 0 Å². The maximum atomic E-state index is 4.68. The third-order valence-corrected chi connectivity index (χ3v) is 3.51. The van der Waals surface area contributed by atoms with Gasteiger partial charge in [0.05, 0.1) is 0 Å². The van der Waals surface area contributed by atoms with Crippen LogP contribution in [0.3, 0.4) is 0 Å². The lowest BCUT2D eigenvalue weighted by molar-refractivity contribution is 0.263. The second kappa shape index (κ2) is 11.1. The van der Waals surface area contributed by atoms with Crippen LogP contribution >= 0.6 is 24.0 Å². The molecule has 0 spiro atoms. The summed E-state index contributed by atoms with van der Waals surface area (Å²) in [4.78, 5) is 4.68. The van der Waals surface area contributed by atoms with Gasteiger partial charge in [-0.25, -0.2) is 0 Å². The molecule has 0 bridgehead atoms. The van der Waals surface area contributed by atoms with Crippen molar-refractivity contribution in [2.75, 3.05) is 19.6 Å². The Bertz CT molecular complexity index is 185. The monoisotopic (exact) mass is 355 g/mol. The highest BCUT2D eigenvalue weighted by molar-refractivity contribution is 14.0. The highest BCUT2D eigenvalue weighted by atomic mass is 127. The quantitative estimate of drug-likeness (QED) is 0.417. The fraction of sp³-hybridized carbons (Fsp3) is 0.923. The Morgan fingerprint density at radius 3 is 1.59 bits per heavy atom. The number of nitrogens with zero attached hydrogens (tertiary/aromatic N) is 1. The van der Waals surface area contributed by atoms with E-state index in [1.165, 1.54) is 19.3 Å². The molecule has 0 aliphatic carbocycles. The van der Waals surface area contributed by atoms with E-state index in [1.54, 1.807) is 0 Å². The fourth-order valence-electron chi connectivity index (χ4n) is 1.84. The first-order valence-corrected chi connectivity index (χ1v) is 6.70. The molecule has 0 aliphatic heterocycles. The lowest BCUT2D eigenvalue weighted by atomic mass is 9.80. The molecule has 104 valence electrons. The average molecular weight is 355 g/mol. The third-order valence-electron chi connectivity index (χ3n) is 3.51. The smallest absolute Gasteiger partial charge is 0.191 e. The molecule has 0 fully saturated rings. The van der Waals surface area contributed by atoms with Crippen molar-refractivity contribution in [3.05, 3.63) is 0 Å². The molecule has 0 unspecified atom stereocenters. The molecule has 0 aliphatic rings. The molecule has 4 heteroatoms. The molecular weight excluding hydrogens is 325 g/mol. The number of guanidine groups is 1. The van der Waals surface area contributed by atoms with Crippen molar-refractivity contribution in [3.63, 3.8) is 0 Å². The van der Waals surface area contributed by atoms with E-state index in [2.05, 4.69) is 50.2 Å². The van der Waals surface area contributed by atoms with Crippen molar-refractivity contribution in [3.8, 4) is 0 Å². The van der Waals surface area contributed by atoms with Gasteiger partial charge in [0.2, 0.25) is 0 Å². The highest BCUT2D eigenvalue weighted by Gasteiger charge is 2.23. The van der Waals surface area contributed by atoms with Gasteiger partial charge in [-0.3, -0.25) is 4.99 Å². The van der Waals surface area contributed by atoms with E-state index in [0.717, 1.165) is 25.6 Å². The van der Waals surface area contributed by atoms with Gasteiger partial charge in [-0.2, -0.15) is 0 Å². The molecule has 0 heterocycles. The van der Waals surface area contributed by atoms with Crippen LogP contribution in [0, 0.1) is 5.41 Å². The fourth-order valence-corrected chi connectivity index (χ4v) is 1.84. The Morgan fingerprint density at radius 1 is 0.882 bits per heavy atom. The summed E-state index contributed by atoms with van der Waals surface area (Å²) in [5.74, 6) is 0.949. The third kappa shape index (κ3) is 7.11. The van der Waals surface area contributed by atoms with Gasteiger partial charge in [0, 0.05) is 19.6 Å². The molecule has 0 radical (unpaired) electrons. The normalized spacial score (nSPS) is 10.4. The van der Waals surface area contributed by atoms with Gasteiger partial charge < -0.3 is 10.6 Å². The Hall–Kier alpha value is 0. The maximum absolute atomic E-state index is 4.68. The molecule has 17 heavy (non-hydrogen) atoms. The Balaban J connectivity index is 0. The average Bonchev–Trinajstić information content (AvgIpc) is 2.32. The molecule has 0 aromatic carbocycles. The predicted octanol–water partition coefficient (Wildman–Crippen LogP) is 3.40. The van der Waals surface area contributed by atoms with Crippen molar-refractivity contribution in [2.24, 2.45) is 10.4 Å². The number of rotatable bonds is 7. The first-order valence-electron chi connectivity index (χ1n) is 6.70. The van der Waals surface area contributed by atoms with Crippen LogP contribution < -0.4 is 10.6 Å². The second-order valence-corrected chi connectivity index (χ2v) is 4.29. The zero-order chi connectivity index (χ0) is 12.4. The van der Waals surface area contributed by atoms with Crippen LogP contribution in [0.2, 0.25) is 0 Å². The van der Waals surface area contributed by atoms with Gasteiger partial charge in [-0.05, 0) is 38.5 Å². The summed E-state index contributed by atoms with van der Waals surface area (Å²) >= 11 is 0. The van der Waals surface area contributed by atoms with Crippen molar-refractivity contribution in [1.82, 2.24) is 10.6 Å². The van der Waals surface area contributed by atoms with Crippen LogP contribution in [0.5, 0.6) is 0 Å². The summed E-state index contributed by atoms with van der Waals surface area (Å²) in [6, 6.07) is 0. The molecule has 0 amide bonds. The van der Waals surface area contributed by atoms with Crippen molar-refractivity contribution >= 4 is 29.9 Å². The summed E-state index contributed by atoms with van der Waals surface area (Å²) in [5, 5.41) is 6.53. The lowest BCUT2D eigenvalue weighted by Gasteiger charge is -2.28. The summed E-state index contributed by atoms with van der Waals surface area (Å²) in [6.45, 7) is 13.8. The number of nitrogens with one attached hydrogen (secondary N) is 2. The SMILES string of the molecule is CCNC(=NCC(CC)(CC)CC)NCC.I. The molecule has 0 saturated heterocycles. The van der Waals surface area contributed by atoms with Gasteiger partial charge in [-0.1, -0.05) is 20.8 Å². The van der Waals surface area contributed by atoms with Crippen LogP contribution in [0.4, 0.5) is 0 Å². The molecule has 3 nitrogen and oxygen atoms in total. The lowest BCUT2D eigenvalue weighted by Crippen LogP contribution is -2.38. The summed E-state index contributed by atoms with van der Waals surface area (Å²) in [6.07, 6.45) is 3.61. The van der Waals surface area contributed by atoms with Crippen LogP contribution in [0.25, 0.3) is 0 Å². The first-order chi connectivity index (χ1) is 7.67. The molecule has 0 aromatic rings. The number of aliphatic imine (C=N–C) groups is 1. The number of hydrogen-bond acceptors (Lipinski definition) is 1. The zero-order valence-electron chi connectivity index (χ0n) is 12.1. The minimum Gasteiger partial charge on any atom is -0.357 e. The highest BCUT2D eigenvalue weighted by Crippen LogP contribution is 2.30. The standard InChI is InChI=1S/C13H29N3.HI/c1-6-13(7-2,8-3)11-16-12(14-9-4)15-10-5;/h6-11H2,1-5H3,(H2,14,15,16);1H. The summed E-state index contributed by atoms with van der Waals surface area (Å²) < 4.78 is 0. The van der Waals surface area contributed by atoms with Gasteiger partial charge in [0.1, 0.15) is 0 Å². The van der Waals surface area contributed by atoms with Gasteiger partial charge in [-0.15, -0.1) is 24.0 Å². The maximum Gasteiger partial charge on any atom is 0.191 e. The predicted molar refractivity (Wildman–Crippen MR) is 88.4 cm³/mol. The molecule has 0 rings (SSSR count). The van der Waals surface area contributed by atoms with Crippen LogP contribution in [-0.4, -0.2) is 25.6 Å².